The van der Waals surface area contributed by atoms with Gasteiger partial charge in [0.15, 0.2) is 0 Å². The first-order valence-electron chi connectivity index (χ1n) is 6.53. The highest BCUT2D eigenvalue weighted by atomic mass is 79.9. The fourth-order valence-corrected chi connectivity index (χ4v) is 3.60. The van der Waals surface area contributed by atoms with Crippen LogP contribution in [0.3, 0.4) is 0 Å². The lowest BCUT2D eigenvalue weighted by Gasteiger charge is -2.27. The molecule has 0 fully saturated rings. The summed E-state index contributed by atoms with van der Waals surface area (Å²) >= 11 is 4.49. The number of nitrogens with two attached hydrogens (primary N) is 2. The molecule has 2 unspecified atom stereocenters. The van der Waals surface area contributed by atoms with Gasteiger partial charge in [0.1, 0.15) is 16.8 Å². The van der Waals surface area contributed by atoms with E-state index < -0.39 is 17.7 Å². The van der Waals surface area contributed by atoms with Gasteiger partial charge < -0.3 is 11.5 Å². The third kappa shape index (κ3) is 3.55. The molecule has 116 valence electrons. The van der Waals surface area contributed by atoms with E-state index >= 15 is 0 Å². The summed E-state index contributed by atoms with van der Waals surface area (Å²) in [5.41, 5.74) is 12.1. The molecular weight excluding hydrogens is 378 g/mol. The molecule has 1 aromatic carbocycles. The van der Waals surface area contributed by atoms with Crippen molar-refractivity contribution in [2.24, 2.45) is 22.4 Å². The third-order valence-electron chi connectivity index (χ3n) is 3.28. The van der Waals surface area contributed by atoms with E-state index in [0.29, 0.717) is 10.6 Å². The van der Waals surface area contributed by atoms with Gasteiger partial charge in [0, 0.05) is 10.4 Å². The topological polar surface area (TPSA) is 129 Å². The Morgan fingerprint density at radius 1 is 1.39 bits per heavy atom. The number of allylic oxidation sites excluding steroid dienone is 1. The number of hydrogen-bond donors (Lipinski definition) is 2. The van der Waals surface area contributed by atoms with Gasteiger partial charge in [0.2, 0.25) is 5.91 Å². The number of aliphatic imine (C=N–C) groups is 1. The molecule has 6 nitrogen and oxygen atoms in total. The highest BCUT2D eigenvalue weighted by Crippen LogP contribution is 2.42. The van der Waals surface area contributed by atoms with Gasteiger partial charge in [-0.25, -0.2) is 4.99 Å². The maximum absolute atomic E-state index is 11.0. The van der Waals surface area contributed by atoms with E-state index in [1.54, 1.807) is 0 Å². The highest BCUT2D eigenvalue weighted by Gasteiger charge is 2.36. The second kappa shape index (κ2) is 7.32. The van der Waals surface area contributed by atoms with Crippen LogP contribution in [0.1, 0.15) is 11.5 Å². The Labute approximate surface area is 146 Å². The molecule has 0 radical (unpaired) electrons. The molecule has 1 aromatic rings. The molecule has 4 N–H and O–H groups in total. The van der Waals surface area contributed by atoms with Crippen LogP contribution in [0.2, 0.25) is 0 Å². The Hall–Kier alpha value is -2.29. The number of benzene rings is 1. The summed E-state index contributed by atoms with van der Waals surface area (Å²) < 4.78 is 0.770. The number of hydrogen-bond acceptors (Lipinski definition) is 6. The van der Waals surface area contributed by atoms with Crippen LogP contribution < -0.4 is 11.5 Å². The number of amides is 1. The van der Waals surface area contributed by atoms with Crippen LogP contribution in [0.4, 0.5) is 0 Å². The van der Waals surface area contributed by atoms with E-state index in [2.05, 4.69) is 33.1 Å². The van der Waals surface area contributed by atoms with Gasteiger partial charge in [-0.1, -0.05) is 45.9 Å². The molecule has 0 spiro atoms. The minimum Gasteiger partial charge on any atom is -0.386 e. The molecule has 0 aromatic heterocycles. The zero-order chi connectivity index (χ0) is 17.0. The number of nitriles is 2. The van der Waals surface area contributed by atoms with E-state index in [0.717, 1.165) is 21.8 Å². The molecule has 0 bridgehead atoms. The molecule has 0 aliphatic carbocycles. The van der Waals surface area contributed by atoms with Crippen LogP contribution in [0, 0.1) is 28.6 Å². The number of primary amides is 1. The molecular formula is C15H12BrN5OS. The number of nitrogens with zero attached hydrogens (tertiary/aromatic N) is 3. The van der Waals surface area contributed by atoms with Crippen LogP contribution in [-0.2, 0) is 4.79 Å². The predicted octanol–water partition coefficient (Wildman–Crippen LogP) is 2.00. The van der Waals surface area contributed by atoms with Crippen LogP contribution in [0.5, 0.6) is 0 Å². The number of carbonyl (C=O) groups excluding carboxylic acids is 1. The number of carbonyl (C=O) groups is 1. The van der Waals surface area contributed by atoms with Gasteiger partial charge in [-0.3, -0.25) is 4.79 Å². The van der Waals surface area contributed by atoms with E-state index in [9.17, 15) is 15.3 Å². The van der Waals surface area contributed by atoms with Crippen molar-refractivity contribution in [1.29, 1.82) is 10.5 Å². The Morgan fingerprint density at radius 3 is 2.65 bits per heavy atom. The summed E-state index contributed by atoms with van der Waals surface area (Å²) in [6.45, 7) is 0. The average Bonchev–Trinajstić information content (AvgIpc) is 2.52. The monoisotopic (exact) mass is 389 g/mol. The molecule has 2 rings (SSSR count). The zero-order valence-electron chi connectivity index (χ0n) is 11.9. The molecule has 1 aliphatic rings. The first-order valence-corrected chi connectivity index (χ1v) is 8.31. The molecule has 1 aliphatic heterocycles. The second-order valence-corrected chi connectivity index (χ2v) is 6.55. The normalized spacial score (nSPS) is 20.4. The number of rotatable bonds is 4. The lowest BCUT2D eigenvalue weighted by atomic mass is 9.80. The second-order valence-electron chi connectivity index (χ2n) is 4.73. The van der Waals surface area contributed by atoms with Gasteiger partial charge in [-0.2, -0.15) is 10.5 Å². The number of thioether (sulfide) groups is 1. The molecule has 1 amide bonds. The summed E-state index contributed by atoms with van der Waals surface area (Å²) in [6, 6.07) is 11.5. The van der Waals surface area contributed by atoms with Gasteiger partial charge in [0.05, 0.1) is 23.5 Å². The van der Waals surface area contributed by atoms with Crippen molar-refractivity contribution < 1.29 is 4.79 Å². The van der Waals surface area contributed by atoms with E-state index in [1.807, 2.05) is 24.3 Å². The van der Waals surface area contributed by atoms with Crippen LogP contribution in [-0.4, -0.2) is 17.5 Å². The molecule has 0 saturated heterocycles. The molecule has 8 heteroatoms. The average molecular weight is 390 g/mol. The highest BCUT2D eigenvalue weighted by molar-refractivity contribution is 9.10. The van der Waals surface area contributed by atoms with Crippen molar-refractivity contribution in [2.75, 3.05) is 5.75 Å². The molecule has 0 saturated carbocycles. The van der Waals surface area contributed by atoms with Crippen LogP contribution in [0.15, 0.2) is 44.3 Å². The van der Waals surface area contributed by atoms with E-state index in [4.69, 9.17) is 11.5 Å². The van der Waals surface area contributed by atoms with E-state index in [1.165, 1.54) is 0 Å². The summed E-state index contributed by atoms with van der Waals surface area (Å²) in [5.74, 6) is -1.71. The third-order valence-corrected chi connectivity index (χ3v) is 5.01. The Balaban J connectivity index is 2.58. The minimum atomic E-state index is -0.749. The summed E-state index contributed by atoms with van der Waals surface area (Å²) in [5, 5.41) is 19.4. The van der Waals surface area contributed by atoms with Crippen molar-refractivity contribution in [3.8, 4) is 12.1 Å². The summed E-state index contributed by atoms with van der Waals surface area (Å²) in [4.78, 5) is 15.1. The molecule has 23 heavy (non-hydrogen) atoms. The summed E-state index contributed by atoms with van der Waals surface area (Å²) in [7, 11) is 0. The van der Waals surface area contributed by atoms with Crippen molar-refractivity contribution in [2.45, 2.75) is 5.92 Å². The van der Waals surface area contributed by atoms with Crippen molar-refractivity contribution in [3.05, 3.63) is 44.9 Å². The van der Waals surface area contributed by atoms with Crippen molar-refractivity contribution >= 4 is 39.4 Å². The lowest BCUT2D eigenvalue weighted by Crippen LogP contribution is -2.32. The Kier molecular flexibility index (Phi) is 5.43. The quantitative estimate of drug-likeness (QED) is 0.812. The van der Waals surface area contributed by atoms with Crippen molar-refractivity contribution in [3.63, 3.8) is 0 Å². The van der Waals surface area contributed by atoms with Crippen molar-refractivity contribution in [1.82, 2.24) is 0 Å². The first-order chi connectivity index (χ1) is 11.0. The Bertz CT molecular complexity index is 790. The minimum absolute atomic E-state index is 0.0167. The number of amidine groups is 1. The molecule has 1 heterocycles. The van der Waals surface area contributed by atoms with Gasteiger partial charge >= 0.3 is 0 Å². The van der Waals surface area contributed by atoms with Crippen LogP contribution in [0.25, 0.3) is 0 Å². The van der Waals surface area contributed by atoms with E-state index in [-0.39, 0.29) is 11.6 Å². The van der Waals surface area contributed by atoms with Crippen LogP contribution >= 0.6 is 27.7 Å². The maximum Gasteiger partial charge on any atom is 0.227 e. The lowest BCUT2D eigenvalue weighted by molar-refractivity contribution is -0.115. The zero-order valence-corrected chi connectivity index (χ0v) is 14.3. The summed E-state index contributed by atoms with van der Waals surface area (Å²) in [6.07, 6.45) is 0. The number of halogens is 1. The Morgan fingerprint density at radius 2 is 2.09 bits per heavy atom. The first kappa shape index (κ1) is 17.1. The maximum atomic E-state index is 11.0. The van der Waals surface area contributed by atoms with Gasteiger partial charge in [-0.15, -0.1) is 0 Å². The predicted molar refractivity (Wildman–Crippen MR) is 91.9 cm³/mol. The fraction of sp³-hybridized carbons (Fsp3) is 0.200. The smallest absolute Gasteiger partial charge is 0.227 e. The van der Waals surface area contributed by atoms with Gasteiger partial charge in [-0.05, 0) is 11.6 Å². The van der Waals surface area contributed by atoms with Gasteiger partial charge in [0.25, 0.3) is 0 Å². The molecule has 2 atom stereocenters. The SMILES string of the molecule is N#CC1=C(SCC(N)=O)N=C(N)C(C#N)C1c1ccccc1Br. The standard InChI is InChI=1S/C15H12BrN5OS/c16-11-4-2-1-3-8(11)13-9(5-17)14(20)21-15(10(13)6-18)23-7-12(19)22/h1-4,9,13H,7H2,(H2,19,22)(H2,20,21). The fourth-order valence-electron chi connectivity index (χ4n) is 2.29. The largest absolute Gasteiger partial charge is 0.386 e.